The third kappa shape index (κ3) is 2.01. The van der Waals surface area contributed by atoms with Gasteiger partial charge in [0.25, 0.3) is 6.01 Å². The average Bonchev–Trinajstić information content (AvgIpc) is 2.61. The average molecular weight is 243 g/mol. The van der Waals surface area contributed by atoms with Gasteiger partial charge in [-0.05, 0) is 25.4 Å². The molecule has 0 spiro atoms. The molecule has 6 nitrogen and oxygen atoms in total. The lowest BCUT2D eigenvalue weighted by atomic mass is 10.5. The van der Waals surface area contributed by atoms with E-state index in [0.717, 1.165) is 0 Å². The van der Waals surface area contributed by atoms with E-state index in [0.29, 0.717) is 36.3 Å². The summed E-state index contributed by atoms with van der Waals surface area (Å²) in [5.74, 6) is 0.385. The maximum Gasteiger partial charge on any atom is 0.296 e. The molecule has 0 saturated heterocycles. The number of imidazole rings is 1. The third-order valence-electron chi connectivity index (χ3n) is 1.83. The van der Waals surface area contributed by atoms with Gasteiger partial charge in [-0.15, -0.1) is 0 Å². The molecule has 0 aromatic carbocycles. The first-order chi connectivity index (χ1) is 7.74. The molecular formula is C9H11ClN4O2. The van der Waals surface area contributed by atoms with Crippen LogP contribution in [0.4, 0.5) is 0 Å². The number of fused-ring (bicyclic) bond motifs is 1. The van der Waals surface area contributed by atoms with Crippen LogP contribution in [0.5, 0.6) is 11.9 Å². The van der Waals surface area contributed by atoms with Gasteiger partial charge in [-0.1, -0.05) is 0 Å². The van der Waals surface area contributed by atoms with Crippen LogP contribution in [0.15, 0.2) is 0 Å². The van der Waals surface area contributed by atoms with Crippen LogP contribution in [0.1, 0.15) is 13.8 Å². The Morgan fingerprint density at radius 1 is 1.12 bits per heavy atom. The zero-order chi connectivity index (χ0) is 11.5. The molecule has 2 heterocycles. The number of H-pyrrole nitrogens is 1. The number of hydrogen-bond donors (Lipinski definition) is 1. The Morgan fingerprint density at radius 3 is 2.56 bits per heavy atom. The van der Waals surface area contributed by atoms with Crippen molar-refractivity contribution in [2.75, 3.05) is 13.2 Å². The molecule has 0 saturated carbocycles. The zero-order valence-electron chi connectivity index (χ0n) is 8.95. The van der Waals surface area contributed by atoms with E-state index >= 15 is 0 Å². The number of rotatable bonds is 4. The molecule has 0 unspecified atom stereocenters. The molecule has 2 aromatic heterocycles. The standard InChI is InChI=1S/C9H11ClN4O2/c1-3-15-7-5-6(12-8(10)14-7)13-9(11-5)16-4-2/h3-4H2,1-2H3,(H,11,12,13,14). The summed E-state index contributed by atoms with van der Waals surface area (Å²) in [6.07, 6.45) is 0. The predicted octanol–water partition coefficient (Wildman–Crippen LogP) is 1.80. The summed E-state index contributed by atoms with van der Waals surface area (Å²) in [5.41, 5.74) is 1.03. The lowest BCUT2D eigenvalue weighted by molar-refractivity contribution is 0.315. The van der Waals surface area contributed by atoms with E-state index in [1.165, 1.54) is 0 Å². The topological polar surface area (TPSA) is 72.9 Å². The molecule has 0 bridgehead atoms. The largest absolute Gasteiger partial charge is 0.476 e. The van der Waals surface area contributed by atoms with Crippen LogP contribution in [0, 0.1) is 0 Å². The van der Waals surface area contributed by atoms with E-state index in [4.69, 9.17) is 21.1 Å². The van der Waals surface area contributed by atoms with Crippen molar-refractivity contribution in [1.29, 1.82) is 0 Å². The van der Waals surface area contributed by atoms with E-state index in [1.54, 1.807) is 0 Å². The van der Waals surface area contributed by atoms with Gasteiger partial charge in [0.05, 0.1) is 13.2 Å². The summed E-state index contributed by atoms with van der Waals surface area (Å²) < 4.78 is 10.6. The minimum atomic E-state index is 0.102. The van der Waals surface area contributed by atoms with Crippen LogP contribution < -0.4 is 9.47 Å². The van der Waals surface area contributed by atoms with Crippen molar-refractivity contribution < 1.29 is 9.47 Å². The quantitative estimate of drug-likeness (QED) is 0.828. The van der Waals surface area contributed by atoms with E-state index in [-0.39, 0.29) is 5.28 Å². The van der Waals surface area contributed by atoms with Gasteiger partial charge in [-0.25, -0.2) is 0 Å². The number of aromatic nitrogens is 4. The van der Waals surface area contributed by atoms with Crippen molar-refractivity contribution in [2.45, 2.75) is 13.8 Å². The Hall–Kier alpha value is -1.56. The Morgan fingerprint density at radius 2 is 1.88 bits per heavy atom. The number of hydrogen-bond acceptors (Lipinski definition) is 5. The fourth-order valence-corrected chi connectivity index (χ4v) is 1.43. The molecule has 0 radical (unpaired) electrons. The van der Waals surface area contributed by atoms with Crippen LogP contribution in [0.25, 0.3) is 11.2 Å². The van der Waals surface area contributed by atoms with Gasteiger partial charge in [0.1, 0.15) is 0 Å². The second-order valence-electron chi connectivity index (χ2n) is 2.90. The molecule has 7 heteroatoms. The predicted molar refractivity (Wildman–Crippen MR) is 59.0 cm³/mol. The lowest BCUT2D eigenvalue weighted by Gasteiger charge is -2.01. The summed E-state index contributed by atoms with van der Waals surface area (Å²) in [4.78, 5) is 15.0. The van der Waals surface area contributed by atoms with Crippen molar-refractivity contribution in [3.63, 3.8) is 0 Å². The fraction of sp³-hybridized carbons (Fsp3) is 0.444. The summed E-state index contributed by atoms with van der Waals surface area (Å²) >= 11 is 5.75. The molecule has 2 rings (SSSR count). The Labute approximate surface area is 97.0 Å². The van der Waals surface area contributed by atoms with Gasteiger partial charge in [0, 0.05) is 0 Å². The first-order valence-corrected chi connectivity index (χ1v) is 5.31. The molecular weight excluding hydrogens is 232 g/mol. The maximum absolute atomic E-state index is 5.75. The number of aromatic amines is 1. The molecule has 0 amide bonds. The second-order valence-corrected chi connectivity index (χ2v) is 3.24. The Balaban J connectivity index is 2.51. The summed E-state index contributed by atoms with van der Waals surface area (Å²) in [6, 6.07) is 0.384. The first kappa shape index (κ1) is 10.9. The molecule has 0 aliphatic heterocycles. The van der Waals surface area contributed by atoms with Crippen LogP contribution in [0.3, 0.4) is 0 Å². The van der Waals surface area contributed by atoms with Gasteiger partial charge in [0.2, 0.25) is 11.2 Å². The molecule has 86 valence electrons. The highest BCUT2D eigenvalue weighted by molar-refractivity contribution is 6.28. The minimum Gasteiger partial charge on any atom is -0.476 e. The second kappa shape index (κ2) is 4.52. The zero-order valence-corrected chi connectivity index (χ0v) is 9.71. The van der Waals surface area contributed by atoms with Crippen LogP contribution >= 0.6 is 11.6 Å². The van der Waals surface area contributed by atoms with Gasteiger partial charge in [0.15, 0.2) is 11.2 Å². The molecule has 0 aliphatic carbocycles. The number of halogens is 1. The highest BCUT2D eigenvalue weighted by Crippen LogP contribution is 2.24. The van der Waals surface area contributed by atoms with Gasteiger partial charge >= 0.3 is 0 Å². The highest BCUT2D eigenvalue weighted by Gasteiger charge is 2.13. The third-order valence-corrected chi connectivity index (χ3v) is 2.00. The van der Waals surface area contributed by atoms with Crippen molar-refractivity contribution >= 4 is 22.8 Å². The smallest absolute Gasteiger partial charge is 0.296 e. The van der Waals surface area contributed by atoms with Crippen molar-refractivity contribution in [3.8, 4) is 11.9 Å². The molecule has 0 aliphatic rings. The van der Waals surface area contributed by atoms with Gasteiger partial charge < -0.3 is 14.5 Å². The maximum atomic E-state index is 5.75. The van der Waals surface area contributed by atoms with Crippen LogP contribution in [0.2, 0.25) is 5.28 Å². The number of ether oxygens (including phenoxy) is 2. The van der Waals surface area contributed by atoms with E-state index in [1.807, 2.05) is 13.8 Å². The van der Waals surface area contributed by atoms with E-state index < -0.39 is 0 Å². The summed E-state index contributed by atoms with van der Waals surface area (Å²) in [6.45, 7) is 4.74. The normalized spacial score (nSPS) is 10.7. The first-order valence-electron chi connectivity index (χ1n) is 4.93. The Kier molecular flexibility index (Phi) is 3.09. The molecule has 2 aromatic rings. The molecule has 0 atom stereocenters. The SMILES string of the molecule is CCOc1nc2nc(Cl)nc(OCC)c2[nH]1. The van der Waals surface area contributed by atoms with Gasteiger partial charge in [-0.3, -0.25) is 0 Å². The minimum absolute atomic E-state index is 0.102. The molecule has 1 N–H and O–H groups in total. The van der Waals surface area contributed by atoms with Crippen LogP contribution in [-0.2, 0) is 0 Å². The number of nitrogens with one attached hydrogen (secondary N) is 1. The Bertz CT molecular complexity index is 499. The lowest BCUT2D eigenvalue weighted by Crippen LogP contribution is -1.97. The number of nitrogens with zero attached hydrogens (tertiary/aromatic N) is 3. The van der Waals surface area contributed by atoms with Gasteiger partial charge in [-0.2, -0.15) is 15.0 Å². The van der Waals surface area contributed by atoms with Crippen molar-refractivity contribution in [3.05, 3.63) is 5.28 Å². The van der Waals surface area contributed by atoms with Crippen LogP contribution in [-0.4, -0.2) is 33.1 Å². The summed E-state index contributed by atoms with van der Waals surface area (Å²) in [7, 11) is 0. The van der Waals surface area contributed by atoms with E-state index in [9.17, 15) is 0 Å². The fourth-order valence-electron chi connectivity index (χ4n) is 1.27. The summed E-state index contributed by atoms with van der Waals surface area (Å²) in [5, 5.41) is 0.102. The molecule has 16 heavy (non-hydrogen) atoms. The molecule has 0 fully saturated rings. The van der Waals surface area contributed by atoms with Crippen molar-refractivity contribution in [1.82, 2.24) is 19.9 Å². The van der Waals surface area contributed by atoms with E-state index in [2.05, 4.69) is 19.9 Å². The monoisotopic (exact) mass is 242 g/mol. The van der Waals surface area contributed by atoms with Crippen molar-refractivity contribution in [2.24, 2.45) is 0 Å². The highest BCUT2D eigenvalue weighted by atomic mass is 35.5.